The van der Waals surface area contributed by atoms with E-state index in [9.17, 15) is 19.8 Å². The first kappa shape index (κ1) is 18.2. The first-order valence-corrected chi connectivity index (χ1v) is 7.97. The molecule has 0 aromatic heterocycles. The van der Waals surface area contributed by atoms with E-state index in [4.69, 9.17) is 0 Å². The van der Waals surface area contributed by atoms with Crippen molar-refractivity contribution >= 4 is 23.7 Å². The normalized spacial score (nSPS) is 11.2. The maximum atomic E-state index is 11.8. The maximum Gasteiger partial charge on any atom is 0.144 e. The summed E-state index contributed by atoms with van der Waals surface area (Å²) in [5.41, 5.74) is 1.77. The van der Waals surface area contributed by atoms with Gasteiger partial charge in [-0.2, -0.15) is 0 Å². The number of carbonyl (C=O) groups is 2. The Labute approximate surface area is 146 Å². The van der Waals surface area contributed by atoms with Gasteiger partial charge in [-0.1, -0.05) is 48.6 Å². The van der Waals surface area contributed by atoms with Crippen molar-refractivity contribution in [2.24, 2.45) is 0 Å². The van der Waals surface area contributed by atoms with Gasteiger partial charge in [0.1, 0.15) is 23.1 Å². The number of hydrogen-bond acceptors (Lipinski definition) is 4. The van der Waals surface area contributed by atoms with E-state index in [1.54, 1.807) is 72.8 Å². The van der Waals surface area contributed by atoms with Crippen LogP contribution in [0.15, 0.2) is 60.7 Å². The zero-order chi connectivity index (χ0) is 18.1. The van der Waals surface area contributed by atoms with Gasteiger partial charge in [0.25, 0.3) is 0 Å². The van der Waals surface area contributed by atoms with Crippen LogP contribution in [0.25, 0.3) is 12.2 Å². The second-order valence-electron chi connectivity index (χ2n) is 5.65. The fraction of sp³-hybridized carbons (Fsp3) is 0.143. The van der Waals surface area contributed by atoms with Crippen LogP contribution in [0.2, 0.25) is 0 Å². The molecule has 0 radical (unpaired) electrons. The first-order valence-electron chi connectivity index (χ1n) is 7.97. The lowest BCUT2D eigenvalue weighted by molar-refractivity contribution is -0.126. The van der Waals surface area contributed by atoms with Crippen LogP contribution in [0, 0.1) is 0 Å². The molecule has 25 heavy (non-hydrogen) atoms. The Hall–Kier alpha value is -3.14. The number of phenols is 2. The highest BCUT2D eigenvalue weighted by Crippen LogP contribution is 2.12. The molecule has 4 nitrogen and oxygen atoms in total. The number of phenolic OH excluding ortho intramolecular Hbond substituents is 2. The molecule has 0 saturated heterocycles. The average Bonchev–Trinajstić information content (AvgIpc) is 2.58. The van der Waals surface area contributed by atoms with E-state index in [1.807, 2.05) is 0 Å². The molecule has 0 bridgehead atoms. The quantitative estimate of drug-likeness (QED) is 0.711. The predicted molar refractivity (Wildman–Crippen MR) is 98.1 cm³/mol. The summed E-state index contributed by atoms with van der Waals surface area (Å²) in [6.07, 6.45) is 7.32. The van der Waals surface area contributed by atoms with E-state index in [-0.39, 0.29) is 42.3 Å². The number of ketones is 2. The fourth-order valence-corrected chi connectivity index (χ4v) is 2.19. The summed E-state index contributed by atoms with van der Waals surface area (Å²) >= 11 is 0. The minimum Gasteiger partial charge on any atom is -0.508 e. The third kappa shape index (κ3) is 6.87. The standard InChI is InChI=1S/C21H20O4/c22-18-11-7-16(8-12-18)3-1-5-20(24)15-21(25)6-2-4-17-9-13-19(23)14-10-17/h1-4,7-14,22-23H,5-6,15H2/b3-1+,4-2+. The predicted octanol–water partition coefficient (Wildman–Crippen LogP) is 4.13. The van der Waals surface area contributed by atoms with E-state index in [2.05, 4.69) is 0 Å². The fourth-order valence-electron chi connectivity index (χ4n) is 2.19. The molecule has 2 aromatic rings. The third-order valence-corrected chi connectivity index (χ3v) is 3.49. The van der Waals surface area contributed by atoms with Crippen LogP contribution < -0.4 is 0 Å². The molecule has 0 atom stereocenters. The van der Waals surface area contributed by atoms with Crippen LogP contribution >= 0.6 is 0 Å². The van der Waals surface area contributed by atoms with Crippen LogP contribution in [-0.4, -0.2) is 21.8 Å². The molecule has 2 N–H and O–H groups in total. The van der Waals surface area contributed by atoms with Crippen LogP contribution in [-0.2, 0) is 9.59 Å². The molecule has 2 aromatic carbocycles. The number of rotatable bonds is 8. The van der Waals surface area contributed by atoms with Gasteiger partial charge in [-0.25, -0.2) is 0 Å². The molecular formula is C21H20O4. The molecule has 0 unspecified atom stereocenters. The molecule has 0 aliphatic heterocycles. The molecule has 128 valence electrons. The van der Waals surface area contributed by atoms with Crippen LogP contribution in [0.5, 0.6) is 11.5 Å². The van der Waals surface area contributed by atoms with Crippen molar-refractivity contribution in [3.8, 4) is 11.5 Å². The maximum absolute atomic E-state index is 11.8. The van der Waals surface area contributed by atoms with Crippen molar-refractivity contribution < 1.29 is 19.8 Å². The Balaban J connectivity index is 1.73. The zero-order valence-corrected chi connectivity index (χ0v) is 13.8. The van der Waals surface area contributed by atoms with E-state index < -0.39 is 0 Å². The molecule has 0 saturated carbocycles. The molecule has 0 heterocycles. The number of benzene rings is 2. The van der Waals surface area contributed by atoms with E-state index in [0.29, 0.717) is 0 Å². The number of aromatic hydroxyl groups is 2. The molecule has 2 rings (SSSR count). The van der Waals surface area contributed by atoms with Gasteiger partial charge in [0, 0.05) is 12.8 Å². The molecule has 0 amide bonds. The summed E-state index contributed by atoms with van der Waals surface area (Å²) in [6, 6.07) is 13.3. The number of carbonyl (C=O) groups excluding carboxylic acids is 2. The number of Topliss-reactive ketones (excluding diaryl/α,β-unsaturated/α-hetero) is 2. The summed E-state index contributed by atoms with van der Waals surface area (Å²) in [5, 5.41) is 18.4. The van der Waals surface area contributed by atoms with Crippen LogP contribution in [0.1, 0.15) is 30.4 Å². The van der Waals surface area contributed by atoms with Crippen molar-refractivity contribution in [2.75, 3.05) is 0 Å². The second-order valence-corrected chi connectivity index (χ2v) is 5.65. The monoisotopic (exact) mass is 336 g/mol. The Morgan fingerprint density at radius 3 is 1.40 bits per heavy atom. The second kappa shape index (κ2) is 9.23. The lowest BCUT2D eigenvalue weighted by Gasteiger charge is -1.97. The van der Waals surface area contributed by atoms with Gasteiger partial charge in [0.05, 0.1) is 6.42 Å². The van der Waals surface area contributed by atoms with Crippen molar-refractivity contribution in [2.45, 2.75) is 19.3 Å². The van der Waals surface area contributed by atoms with Gasteiger partial charge in [-0.05, 0) is 35.4 Å². The van der Waals surface area contributed by atoms with E-state index in [0.717, 1.165) is 11.1 Å². The molecular weight excluding hydrogens is 316 g/mol. The van der Waals surface area contributed by atoms with Gasteiger partial charge < -0.3 is 10.2 Å². The van der Waals surface area contributed by atoms with Gasteiger partial charge >= 0.3 is 0 Å². The first-order chi connectivity index (χ1) is 12.0. The summed E-state index contributed by atoms with van der Waals surface area (Å²) < 4.78 is 0. The summed E-state index contributed by atoms with van der Waals surface area (Å²) in [4.78, 5) is 23.6. The van der Waals surface area contributed by atoms with Crippen molar-refractivity contribution in [1.82, 2.24) is 0 Å². The summed E-state index contributed by atoms with van der Waals surface area (Å²) in [7, 11) is 0. The SMILES string of the molecule is O=C(C/C=C/c1ccc(O)cc1)CC(=O)C/C=C/c1ccc(O)cc1. The average molecular weight is 336 g/mol. The molecule has 0 spiro atoms. The Morgan fingerprint density at radius 2 is 1.04 bits per heavy atom. The molecule has 0 aliphatic carbocycles. The van der Waals surface area contributed by atoms with Gasteiger partial charge in [0.2, 0.25) is 0 Å². The number of allylic oxidation sites excluding steroid dienone is 2. The smallest absolute Gasteiger partial charge is 0.144 e. The number of hydrogen-bond donors (Lipinski definition) is 2. The van der Waals surface area contributed by atoms with E-state index in [1.165, 1.54) is 0 Å². The van der Waals surface area contributed by atoms with E-state index >= 15 is 0 Å². The van der Waals surface area contributed by atoms with Gasteiger partial charge in [-0.15, -0.1) is 0 Å². The largest absolute Gasteiger partial charge is 0.508 e. The summed E-state index contributed by atoms with van der Waals surface area (Å²) in [5.74, 6) is 0.134. The Morgan fingerprint density at radius 1 is 0.680 bits per heavy atom. The van der Waals surface area contributed by atoms with Crippen molar-refractivity contribution in [3.05, 3.63) is 71.8 Å². The highest BCUT2D eigenvalue weighted by Gasteiger charge is 2.06. The zero-order valence-electron chi connectivity index (χ0n) is 13.8. The Kier molecular flexibility index (Phi) is 6.72. The van der Waals surface area contributed by atoms with Gasteiger partial charge in [0.15, 0.2) is 0 Å². The lowest BCUT2D eigenvalue weighted by Crippen LogP contribution is -2.05. The van der Waals surface area contributed by atoms with Crippen molar-refractivity contribution in [3.63, 3.8) is 0 Å². The highest BCUT2D eigenvalue weighted by atomic mass is 16.3. The third-order valence-electron chi connectivity index (χ3n) is 3.49. The van der Waals surface area contributed by atoms with Crippen LogP contribution in [0.3, 0.4) is 0 Å². The van der Waals surface area contributed by atoms with Crippen molar-refractivity contribution in [1.29, 1.82) is 0 Å². The molecule has 4 heteroatoms. The van der Waals surface area contributed by atoms with Crippen LogP contribution in [0.4, 0.5) is 0 Å². The molecule has 0 aliphatic rings. The minimum atomic E-state index is -0.127. The molecule has 0 fully saturated rings. The van der Waals surface area contributed by atoms with Gasteiger partial charge in [-0.3, -0.25) is 9.59 Å². The Bertz CT molecular complexity index is 701. The summed E-state index contributed by atoms with van der Waals surface area (Å²) in [6.45, 7) is 0. The highest BCUT2D eigenvalue weighted by molar-refractivity contribution is 6.00. The topological polar surface area (TPSA) is 74.6 Å². The minimum absolute atomic E-state index is 0.0835. The lowest BCUT2D eigenvalue weighted by atomic mass is 10.1.